The van der Waals surface area contributed by atoms with Gasteiger partial charge in [0.25, 0.3) is 0 Å². The van der Waals surface area contributed by atoms with Crippen LogP contribution in [0, 0.1) is 0 Å². The number of pyridine rings is 1. The van der Waals surface area contributed by atoms with E-state index in [1.807, 2.05) is 30.3 Å². The summed E-state index contributed by atoms with van der Waals surface area (Å²) in [6, 6.07) is 13.9. The molecule has 1 heterocycles. The van der Waals surface area contributed by atoms with E-state index in [-0.39, 0.29) is 5.91 Å². The smallest absolute Gasteiger partial charge is 0.221 e. The molecule has 0 saturated carbocycles. The molecule has 3 nitrogen and oxygen atoms in total. The number of hydrogen-bond acceptors (Lipinski definition) is 2. The molecule has 1 amide bonds. The molecule has 0 radical (unpaired) electrons. The molecule has 1 N–H and O–H groups in total. The van der Waals surface area contributed by atoms with Crippen LogP contribution in [0.2, 0.25) is 0 Å². The summed E-state index contributed by atoms with van der Waals surface area (Å²) in [4.78, 5) is 15.5. The van der Waals surface area contributed by atoms with Gasteiger partial charge in [-0.05, 0) is 23.6 Å². The van der Waals surface area contributed by atoms with Crippen LogP contribution in [0.1, 0.15) is 6.92 Å². The molecule has 2 aromatic carbocycles. The van der Waals surface area contributed by atoms with Gasteiger partial charge in [-0.25, -0.2) is 0 Å². The molecule has 18 heavy (non-hydrogen) atoms. The van der Waals surface area contributed by atoms with Crippen LogP contribution in [-0.4, -0.2) is 10.9 Å². The van der Waals surface area contributed by atoms with Crippen molar-refractivity contribution in [1.29, 1.82) is 0 Å². The lowest BCUT2D eigenvalue weighted by Gasteiger charge is -2.06. The average Bonchev–Trinajstić information content (AvgIpc) is 2.38. The lowest BCUT2D eigenvalue weighted by molar-refractivity contribution is -0.114. The third-order valence-corrected chi connectivity index (χ3v) is 2.91. The van der Waals surface area contributed by atoms with Crippen LogP contribution >= 0.6 is 0 Å². The molecule has 0 aliphatic carbocycles. The van der Waals surface area contributed by atoms with Crippen molar-refractivity contribution in [3.63, 3.8) is 0 Å². The van der Waals surface area contributed by atoms with Crippen LogP contribution < -0.4 is 5.32 Å². The van der Waals surface area contributed by atoms with Crippen molar-refractivity contribution in [1.82, 2.24) is 4.98 Å². The molecule has 1 aromatic heterocycles. The molecule has 0 aliphatic heterocycles. The first-order valence-electron chi connectivity index (χ1n) is 5.79. The highest BCUT2D eigenvalue weighted by Gasteiger charge is 2.03. The Balaban J connectivity index is 2.29. The second kappa shape index (κ2) is 4.11. The summed E-state index contributed by atoms with van der Waals surface area (Å²) in [5, 5.41) is 6.07. The quantitative estimate of drug-likeness (QED) is 0.658. The zero-order valence-electron chi connectivity index (χ0n) is 9.97. The molecule has 88 valence electrons. The lowest BCUT2D eigenvalue weighted by Crippen LogP contribution is -2.05. The van der Waals surface area contributed by atoms with E-state index in [4.69, 9.17) is 0 Å². The van der Waals surface area contributed by atoms with Crippen molar-refractivity contribution in [2.24, 2.45) is 0 Å². The Hall–Kier alpha value is -2.42. The van der Waals surface area contributed by atoms with Crippen molar-refractivity contribution in [3.05, 3.63) is 48.7 Å². The Labute approximate surface area is 104 Å². The minimum atomic E-state index is -0.0671. The van der Waals surface area contributed by atoms with Gasteiger partial charge in [0.15, 0.2) is 0 Å². The summed E-state index contributed by atoms with van der Waals surface area (Å²) < 4.78 is 0. The van der Waals surface area contributed by atoms with Gasteiger partial charge in [0.1, 0.15) is 0 Å². The Morgan fingerprint density at radius 3 is 2.72 bits per heavy atom. The van der Waals surface area contributed by atoms with Crippen LogP contribution in [-0.2, 0) is 4.79 Å². The van der Waals surface area contributed by atoms with Gasteiger partial charge in [0.2, 0.25) is 5.91 Å². The van der Waals surface area contributed by atoms with Crippen LogP contribution in [0.25, 0.3) is 21.7 Å². The fourth-order valence-corrected chi connectivity index (χ4v) is 2.14. The van der Waals surface area contributed by atoms with E-state index in [0.29, 0.717) is 0 Å². The SMILES string of the molecule is CC(=O)Nc1ccc2ccc3cccnc3c2c1. The van der Waals surface area contributed by atoms with Crippen molar-refractivity contribution in [2.75, 3.05) is 5.32 Å². The highest BCUT2D eigenvalue weighted by molar-refractivity contribution is 6.07. The van der Waals surface area contributed by atoms with Gasteiger partial charge < -0.3 is 5.32 Å². The molecule has 3 rings (SSSR count). The third kappa shape index (κ3) is 1.80. The molecule has 0 bridgehead atoms. The van der Waals surface area contributed by atoms with E-state index in [0.717, 1.165) is 27.4 Å². The van der Waals surface area contributed by atoms with E-state index < -0.39 is 0 Å². The number of rotatable bonds is 1. The van der Waals surface area contributed by atoms with Gasteiger partial charge in [-0.15, -0.1) is 0 Å². The highest BCUT2D eigenvalue weighted by atomic mass is 16.1. The maximum atomic E-state index is 11.1. The number of anilines is 1. The summed E-state index contributed by atoms with van der Waals surface area (Å²) in [7, 11) is 0. The number of nitrogens with zero attached hydrogens (tertiary/aromatic N) is 1. The van der Waals surface area contributed by atoms with Gasteiger partial charge in [-0.1, -0.05) is 24.3 Å². The minimum absolute atomic E-state index is 0.0671. The highest BCUT2D eigenvalue weighted by Crippen LogP contribution is 2.26. The van der Waals surface area contributed by atoms with Crippen molar-refractivity contribution in [2.45, 2.75) is 6.92 Å². The van der Waals surface area contributed by atoms with Gasteiger partial charge in [0.05, 0.1) is 5.52 Å². The number of benzene rings is 2. The molecular formula is C15H12N2O. The Morgan fingerprint density at radius 2 is 1.89 bits per heavy atom. The van der Waals surface area contributed by atoms with Crippen LogP contribution in [0.5, 0.6) is 0 Å². The first-order chi connectivity index (χ1) is 8.74. The topological polar surface area (TPSA) is 42.0 Å². The first-order valence-corrected chi connectivity index (χ1v) is 5.79. The zero-order valence-corrected chi connectivity index (χ0v) is 9.97. The van der Waals surface area contributed by atoms with E-state index in [1.54, 1.807) is 6.20 Å². The zero-order chi connectivity index (χ0) is 12.5. The second-order valence-electron chi connectivity index (χ2n) is 4.26. The van der Waals surface area contributed by atoms with Crippen molar-refractivity contribution in [3.8, 4) is 0 Å². The summed E-state index contributed by atoms with van der Waals surface area (Å²) in [6.07, 6.45) is 1.78. The number of nitrogens with one attached hydrogen (secondary N) is 1. The molecule has 0 spiro atoms. The maximum absolute atomic E-state index is 11.1. The summed E-state index contributed by atoms with van der Waals surface area (Å²) in [6.45, 7) is 1.51. The molecule has 0 aliphatic rings. The predicted octanol–water partition coefficient (Wildman–Crippen LogP) is 3.35. The van der Waals surface area contributed by atoms with E-state index >= 15 is 0 Å². The van der Waals surface area contributed by atoms with E-state index in [9.17, 15) is 4.79 Å². The molecule has 0 atom stereocenters. The Morgan fingerprint density at radius 1 is 1.11 bits per heavy atom. The van der Waals surface area contributed by atoms with Crippen LogP contribution in [0.3, 0.4) is 0 Å². The lowest BCUT2D eigenvalue weighted by atomic mass is 10.1. The third-order valence-electron chi connectivity index (χ3n) is 2.91. The predicted molar refractivity (Wildman–Crippen MR) is 73.6 cm³/mol. The summed E-state index contributed by atoms with van der Waals surface area (Å²) in [5.41, 5.74) is 1.76. The molecule has 3 heteroatoms. The standard InChI is InChI=1S/C15H12N2O/c1-10(18)17-13-7-6-11-4-5-12-3-2-8-16-15(12)14(11)9-13/h2-9H,1H3,(H,17,18). The molecular weight excluding hydrogens is 224 g/mol. The van der Waals surface area contributed by atoms with Gasteiger partial charge in [-0.2, -0.15) is 0 Å². The van der Waals surface area contributed by atoms with E-state index in [1.165, 1.54) is 6.92 Å². The number of hydrogen-bond donors (Lipinski definition) is 1. The summed E-state index contributed by atoms with van der Waals surface area (Å²) in [5.74, 6) is -0.0671. The largest absolute Gasteiger partial charge is 0.326 e. The minimum Gasteiger partial charge on any atom is -0.326 e. The van der Waals surface area contributed by atoms with Crippen LogP contribution in [0.4, 0.5) is 5.69 Å². The van der Waals surface area contributed by atoms with Gasteiger partial charge in [0, 0.05) is 29.6 Å². The number of carbonyl (C=O) groups excluding carboxylic acids is 1. The fraction of sp³-hybridized carbons (Fsp3) is 0.0667. The molecule has 0 unspecified atom stereocenters. The number of amides is 1. The maximum Gasteiger partial charge on any atom is 0.221 e. The van der Waals surface area contributed by atoms with Gasteiger partial charge in [-0.3, -0.25) is 9.78 Å². The van der Waals surface area contributed by atoms with Gasteiger partial charge >= 0.3 is 0 Å². The number of fused-ring (bicyclic) bond motifs is 3. The Kier molecular flexibility index (Phi) is 2.45. The molecule has 3 aromatic rings. The van der Waals surface area contributed by atoms with E-state index in [2.05, 4.69) is 22.4 Å². The summed E-state index contributed by atoms with van der Waals surface area (Å²) >= 11 is 0. The molecule has 0 fully saturated rings. The number of aromatic nitrogens is 1. The number of carbonyl (C=O) groups is 1. The van der Waals surface area contributed by atoms with Crippen LogP contribution in [0.15, 0.2) is 48.7 Å². The monoisotopic (exact) mass is 236 g/mol. The van der Waals surface area contributed by atoms with Crippen molar-refractivity contribution < 1.29 is 4.79 Å². The Bertz CT molecular complexity index is 750. The molecule has 0 saturated heterocycles. The first kappa shape index (κ1) is 10.7. The second-order valence-corrected chi connectivity index (χ2v) is 4.26. The normalized spacial score (nSPS) is 10.7. The fourth-order valence-electron chi connectivity index (χ4n) is 2.14. The average molecular weight is 236 g/mol. The van der Waals surface area contributed by atoms with Crippen molar-refractivity contribution >= 4 is 33.3 Å².